The zero-order chi connectivity index (χ0) is 73.1. The Morgan fingerprint density at radius 3 is 0.670 bits per heavy atom. The predicted molar refractivity (Wildman–Crippen MR) is 438 cm³/mol. The first kappa shape index (κ1) is 110. The molecule has 0 aromatic heterocycles. The van der Waals surface area contributed by atoms with Gasteiger partial charge >= 0.3 is 0 Å². The van der Waals surface area contributed by atoms with Crippen LogP contribution >= 0.6 is 0 Å². The van der Waals surface area contributed by atoms with E-state index in [0.29, 0.717) is 16.2 Å². The van der Waals surface area contributed by atoms with E-state index < -0.39 is 0 Å². The van der Waals surface area contributed by atoms with Crippen LogP contribution in [-0.4, -0.2) is 0 Å². The molecular formula is C91H200. The summed E-state index contributed by atoms with van der Waals surface area (Å²) in [4.78, 5) is 0. The van der Waals surface area contributed by atoms with Gasteiger partial charge in [-0.25, -0.2) is 0 Å². The van der Waals surface area contributed by atoms with Gasteiger partial charge in [0.2, 0.25) is 0 Å². The summed E-state index contributed by atoms with van der Waals surface area (Å²) in [6.45, 7) is 85.6. The van der Waals surface area contributed by atoms with Crippen LogP contribution in [0.15, 0.2) is 0 Å². The summed E-state index contributed by atoms with van der Waals surface area (Å²) in [5.41, 5.74) is 3.40. The highest BCUT2D eigenvalue weighted by atomic mass is 14.6. The van der Waals surface area contributed by atoms with Crippen LogP contribution in [0.3, 0.4) is 0 Å². The second kappa shape index (κ2) is 74.2. The van der Waals surface area contributed by atoms with Gasteiger partial charge in [-0.05, 0) is 150 Å². The molecule has 0 N–H and O–H groups in total. The molecule has 0 heteroatoms. The molecule has 0 nitrogen and oxygen atoms in total. The fourth-order valence-corrected chi connectivity index (χ4v) is 12.1. The maximum atomic E-state index is 2.54. The molecule has 564 valence electrons. The fourth-order valence-electron chi connectivity index (χ4n) is 12.1. The van der Waals surface area contributed by atoms with Gasteiger partial charge in [0.1, 0.15) is 0 Å². The molecule has 0 spiro atoms. The lowest BCUT2D eigenvalue weighted by Gasteiger charge is -2.60. The maximum Gasteiger partial charge on any atom is -0.0315 e. The molecule has 0 aromatic carbocycles. The molecule has 0 aliphatic heterocycles. The van der Waals surface area contributed by atoms with Crippen molar-refractivity contribution in [3.8, 4) is 0 Å². The number of hydrogen-bond donors (Lipinski definition) is 0. The average molecular weight is 1290 g/mol. The summed E-state index contributed by atoms with van der Waals surface area (Å²) in [6.07, 6.45) is 53.9. The Kier molecular flexibility index (Phi) is 89.4. The minimum atomic E-state index is 0.500. The Hall–Kier alpha value is 0. The highest BCUT2D eigenvalue weighted by molar-refractivity contribution is 5.04. The van der Waals surface area contributed by atoms with Gasteiger partial charge in [0, 0.05) is 0 Å². The van der Waals surface area contributed by atoms with E-state index in [2.05, 4.69) is 263 Å². The van der Waals surface area contributed by atoms with E-state index in [9.17, 15) is 0 Å². The Morgan fingerprint density at radius 2 is 0.571 bits per heavy atom. The van der Waals surface area contributed by atoms with E-state index in [1.54, 1.807) is 32.1 Å². The number of unbranched alkanes of at least 4 members (excludes halogenated alkanes) is 6. The lowest BCUT2D eigenvalue weighted by molar-refractivity contribution is -0.0920. The van der Waals surface area contributed by atoms with Crippen molar-refractivity contribution in [2.45, 2.75) is 507 Å². The zero-order valence-electron chi connectivity index (χ0n) is 73.1. The third-order valence-corrected chi connectivity index (χ3v) is 18.6. The van der Waals surface area contributed by atoms with Crippen molar-refractivity contribution in [1.82, 2.24) is 0 Å². The van der Waals surface area contributed by atoms with E-state index in [1.165, 1.54) is 212 Å². The van der Waals surface area contributed by atoms with Crippen molar-refractivity contribution in [3.63, 3.8) is 0 Å². The molecule has 4 bridgehead atoms. The summed E-state index contributed by atoms with van der Waals surface area (Å²) >= 11 is 0. The lowest BCUT2D eigenvalue weighted by Crippen LogP contribution is -2.49. The summed E-state index contributed by atoms with van der Waals surface area (Å²) in [7, 11) is 0. The molecule has 7 aliphatic rings. The summed E-state index contributed by atoms with van der Waals surface area (Å²) in [6, 6.07) is 0. The summed E-state index contributed by atoms with van der Waals surface area (Å²) in [5.74, 6) is 9.65. The summed E-state index contributed by atoms with van der Waals surface area (Å²) < 4.78 is 0. The van der Waals surface area contributed by atoms with Crippen LogP contribution < -0.4 is 0 Å². The molecule has 0 atom stereocenters. The van der Waals surface area contributed by atoms with Crippen molar-refractivity contribution in [2.75, 3.05) is 0 Å². The molecule has 0 saturated heterocycles. The highest BCUT2D eigenvalue weighted by Gasteiger charge is 2.53. The van der Waals surface area contributed by atoms with Crippen molar-refractivity contribution in [1.29, 1.82) is 0 Å². The fraction of sp³-hybridized carbons (Fsp3) is 1.00. The number of rotatable bonds is 15. The molecule has 0 heterocycles. The zero-order valence-corrected chi connectivity index (χ0v) is 73.1. The smallest absolute Gasteiger partial charge is 0.0315 e. The van der Waals surface area contributed by atoms with E-state index in [-0.39, 0.29) is 0 Å². The standard InChI is InChI=1S/C12H20.2C8H16.C7H14.5C6H14.3C5H12.2C4H10.C3H8/c1-11-4-9-3-10(5-11)7-12(2,6-9)8-11;1-7-3-5-8(2)6-4-7;1-8(2)6-4-3-5-7-8;1-7(2)5-3-4-6-7;2*1-4-5-6(2)3;2*1-4-6(3)5-2;1-3-5-6-4-2;1-5(2,3)4;1-4-5(2)3;1-3-5-4-2;1-4(2)3;1-3-4-2;1-3-2/h9-10H,3-8H2,1-2H3;7-8H,3-6H2,1-2H3;3-7H2,1-2H3;3-6H2,1-2H3;4*6H,4-5H2,1-3H3;3-6H2,1-2H3;1-4H3;5H,4H2,1-3H3;3-5H2,1-2H3;4H,1-3H3;3-4H2,1-2H3;3H2,1-2H3. The second-order valence-corrected chi connectivity index (χ2v) is 36.6. The minimum absolute atomic E-state index is 0.500. The number of hydrogen-bond acceptors (Lipinski definition) is 0. The van der Waals surface area contributed by atoms with E-state index in [1.807, 2.05) is 0 Å². The molecule has 7 rings (SSSR count). The molecular weight excluding hydrogens is 1090 g/mol. The van der Waals surface area contributed by atoms with Gasteiger partial charge in [-0.2, -0.15) is 0 Å². The quantitative estimate of drug-likeness (QED) is 0.143. The normalized spacial score (nSPS) is 22.2. The molecule has 7 fully saturated rings. The van der Waals surface area contributed by atoms with Gasteiger partial charge in [0.25, 0.3) is 0 Å². The predicted octanol–water partition coefficient (Wildman–Crippen LogP) is 35.6. The maximum absolute atomic E-state index is 2.54. The Balaban J connectivity index is -0.000000115. The molecule has 7 aliphatic carbocycles. The van der Waals surface area contributed by atoms with Crippen LogP contribution in [0.1, 0.15) is 507 Å². The Labute approximate surface area is 590 Å². The highest BCUT2D eigenvalue weighted by Crippen LogP contribution is 2.64. The molecule has 0 radical (unpaired) electrons. The molecule has 7 saturated carbocycles. The van der Waals surface area contributed by atoms with E-state index >= 15 is 0 Å². The molecule has 0 unspecified atom stereocenters. The lowest BCUT2D eigenvalue weighted by atomic mass is 9.45. The van der Waals surface area contributed by atoms with E-state index in [4.69, 9.17) is 0 Å². The SMILES string of the molecule is CC(C)(C)C.CC(C)C.CC1(C)CCCC1.CC1(C)CCCCC1.CC12CC3CC(C1)CC(C)(C3)C2.CC1CCC(C)CC1.CCC.CCC(C)C.CCC(C)CC.CCC(C)CC.CCCC.CCCC(C)C.CCCC(C)C.CCCCC.CCCCCC. The first-order valence-corrected chi connectivity index (χ1v) is 42.1. The van der Waals surface area contributed by atoms with Gasteiger partial charge in [-0.1, -0.05) is 443 Å². The minimum Gasteiger partial charge on any atom is -0.0656 e. The third-order valence-electron chi connectivity index (χ3n) is 18.6. The monoisotopic (exact) mass is 1290 g/mol. The first-order valence-electron chi connectivity index (χ1n) is 42.1. The van der Waals surface area contributed by atoms with E-state index in [0.717, 1.165) is 70.0 Å². The topological polar surface area (TPSA) is 0 Å². The van der Waals surface area contributed by atoms with Gasteiger partial charge in [-0.15, -0.1) is 0 Å². The van der Waals surface area contributed by atoms with Gasteiger partial charge in [0.05, 0.1) is 0 Å². The molecule has 91 heavy (non-hydrogen) atoms. The Bertz CT molecular complexity index is 1150. The Morgan fingerprint density at radius 1 is 0.341 bits per heavy atom. The largest absolute Gasteiger partial charge is 0.0656 e. The van der Waals surface area contributed by atoms with Gasteiger partial charge in [0.15, 0.2) is 0 Å². The van der Waals surface area contributed by atoms with Crippen LogP contribution in [0.25, 0.3) is 0 Å². The van der Waals surface area contributed by atoms with Gasteiger partial charge < -0.3 is 0 Å². The average Bonchev–Trinajstić information content (AvgIpc) is 1.00. The van der Waals surface area contributed by atoms with Crippen molar-refractivity contribution in [3.05, 3.63) is 0 Å². The second-order valence-electron chi connectivity index (χ2n) is 36.6. The third kappa shape index (κ3) is 106. The molecule has 0 aromatic rings. The van der Waals surface area contributed by atoms with Crippen molar-refractivity contribution < 1.29 is 0 Å². The van der Waals surface area contributed by atoms with Crippen molar-refractivity contribution in [2.24, 2.45) is 86.3 Å². The van der Waals surface area contributed by atoms with Crippen LogP contribution in [0.4, 0.5) is 0 Å². The summed E-state index contributed by atoms with van der Waals surface area (Å²) in [5, 5.41) is 0. The van der Waals surface area contributed by atoms with Crippen LogP contribution in [0, 0.1) is 86.3 Å². The van der Waals surface area contributed by atoms with Crippen molar-refractivity contribution >= 4 is 0 Å². The van der Waals surface area contributed by atoms with Crippen LogP contribution in [0.5, 0.6) is 0 Å². The first-order chi connectivity index (χ1) is 42.1. The van der Waals surface area contributed by atoms with Gasteiger partial charge in [-0.3, -0.25) is 0 Å². The molecule has 0 amide bonds. The van der Waals surface area contributed by atoms with Crippen LogP contribution in [-0.2, 0) is 0 Å². The van der Waals surface area contributed by atoms with Crippen LogP contribution in [0.2, 0.25) is 0 Å².